The standard InChI is InChI=1S/C18H14O4/c1-21-15-9-11-8-13-12-5-3-2-4-10(12)6-7-14(13)22-18(11)17(20)16(15)19/h2-7,9,15,20H,8H2,1H3. The summed E-state index contributed by atoms with van der Waals surface area (Å²) in [5.41, 5.74) is 1.85. The number of carbonyl (C=O) groups is 1. The largest absolute Gasteiger partial charge is 0.502 e. The van der Waals surface area contributed by atoms with E-state index in [1.54, 1.807) is 6.08 Å². The summed E-state index contributed by atoms with van der Waals surface area (Å²) in [6.07, 6.45) is 1.57. The van der Waals surface area contributed by atoms with Gasteiger partial charge in [0.25, 0.3) is 0 Å². The average Bonchev–Trinajstić information content (AvgIpc) is 2.56. The molecule has 1 heterocycles. The Balaban J connectivity index is 1.91. The minimum atomic E-state index is -0.751. The molecule has 0 fully saturated rings. The van der Waals surface area contributed by atoms with E-state index >= 15 is 0 Å². The molecule has 1 N–H and O–H groups in total. The number of Topliss-reactive ketones (excluding diaryl/α,β-unsaturated/α-hetero) is 1. The topological polar surface area (TPSA) is 55.8 Å². The van der Waals surface area contributed by atoms with Crippen LogP contribution >= 0.6 is 0 Å². The van der Waals surface area contributed by atoms with Gasteiger partial charge in [0, 0.05) is 24.7 Å². The van der Waals surface area contributed by atoms with Crippen molar-refractivity contribution in [1.29, 1.82) is 0 Å². The second-order valence-corrected chi connectivity index (χ2v) is 5.43. The van der Waals surface area contributed by atoms with Crippen LogP contribution < -0.4 is 4.74 Å². The lowest BCUT2D eigenvalue weighted by Gasteiger charge is -2.28. The van der Waals surface area contributed by atoms with Crippen molar-refractivity contribution in [2.24, 2.45) is 0 Å². The predicted molar refractivity (Wildman–Crippen MR) is 81.8 cm³/mol. The van der Waals surface area contributed by atoms with Gasteiger partial charge in [-0.1, -0.05) is 30.3 Å². The number of carbonyl (C=O) groups excluding carboxylic acids is 1. The van der Waals surface area contributed by atoms with Crippen LogP contribution in [0.5, 0.6) is 5.75 Å². The van der Waals surface area contributed by atoms with Gasteiger partial charge in [0.05, 0.1) is 0 Å². The Kier molecular flexibility index (Phi) is 2.81. The van der Waals surface area contributed by atoms with Gasteiger partial charge in [-0.25, -0.2) is 0 Å². The van der Waals surface area contributed by atoms with Crippen LogP contribution in [0.25, 0.3) is 10.8 Å². The summed E-state index contributed by atoms with van der Waals surface area (Å²) in [5, 5.41) is 12.3. The van der Waals surface area contributed by atoms with Crippen molar-refractivity contribution in [3.05, 3.63) is 65.1 Å². The van der Waals surface area contributed by atoms with Gasteiger partial charge in [0.15, 0.2) is 5.76 Å². The molecule has 2 aromatic carbocycles. The van der Waals surface area contributed by atoms with Crippen LogP contribution in [0.3, 0.4) is 0 Å². The summed E-state index contributed by atoms with van der Waals surface area (Å²) in [7, 11) is 1.45. The lowest BCUT2D eigenvalue weighted by atomic mass is 9.89. The highest BCUT2D eigenvalue weighted by Gasteiger charge is 2.34. The van der Waals surface area contributed by atoms with Gasteiger partial charge in [-0.05, 0) is 22.9 Å². The molecule has 1 unspecified atom stereocenters. The van der Waals surface area contributed by atoms with Crippen molar-refractivity contribution in [3.63, 3.8) is 0 Å². The van der Waals surface area contributed by atoms with Gasteiger partial charge in [-0.15, -0.1) is 0 Å². The van der Waals surface area contributed by atoms with Gasteiger partial charge in [-0.2, -0.15) is 0 Å². The molecule has 4 nitrogen and oxygen atoms in total. The van der Waals surface area contributed by atoms with E-state index in [9.17, 15) is 9.90 Å². The van der Waals surface area contributed by atoms with Crippen LogP contribution in [0.4, 0.5) is 0 Å². The number of allylic oxidation sites excluding steroid dienone is 1. The first kappa shape index (κ1) is 13.1. The molecule has 0 spiro atoms. The van der Waals surface area contributed by atoms with Gasteiger partial charge >= 0.3 is 0 Å². The molecular formula is C18H14O4. The molecule has 0 aromatic heterocycles. The molecule has 22 heavy (non-hydrogen) atoms. The van der Waals surface area contributed by atoms with Crippen molar-refractivity contribution in [2.75, 3.05) is 7.11 Å². The summed E-state index contributed by atoms with van der Waals surface area (Å²) in [6, 6.07) is 11.9. The third kappa shape index (κ3) is 1.77. The van der Waals surface area contributed by atoms with Crippen molar-refractivity contribution >= 4 is 16.6 Å². The van der Waals surface area contributed by atoms with Crippen molar-refractivity contribution in [2.45, 2.75) is 12.5 Å². The molecule has 4 rings (SSSR count). The maximum Gasteiger partial charge on any atom is 0.233 e. The number of hydrogen-bond acceptors (Lipinski definition) is 4. The highest BCUT2D eigenvalue weighted by atomic mass is 16.5. The van der Waals surface area contributed by atoms with E-state index in [0.717, 1.165) is 21.9 Å². The van der Waals surface area contributed by atoms with Crippen molar-refractivity contribution in [1.82, 2.24) is 0 Å². The maximum absolute atomic E-state index is 12.0. The first-order valence-electron chi connectivity index (χ1n) is 7.09. The van der Waals surface area contributed by atoms with Gasteiger partial charge in [-0.3, -0.25) is 4.79 Å². The lowest BCUT2D eigenvalue weighted by molar-refractivity contribution is -0.125. The Morgan fingerprint density at radius 2 is 2.05 bits per heavy atom. The highest BCUT2D eigenvalue weighted by molar-refractivity contribution is 6.01. The molecule has 110 valence electrons. The summed E-state index contributed by atoms with van der Waals surface area (Å²) in [5.74, 6) is 0.107. The third-order valence-corrected chi connectivity index (χ3v) is 4.18. The number of hydrogen-bond donors (Lipinski definition) is 1. The fraction of sp³-hybridized carbons (Fsp3) is 0.167. The number of aliphatic hydroxyl groups is 1. The van der Waals surface area contributed by atoms with Crippen molar-refractivity contribution in [3.8, 4) is 5.75 Å². The fourth-order valence-electron chi connectivity index (χ4n) is 3.06. The molecule has 2 aliphatic rings. The number of benzene rings is 2. The molecule has 0 amide bonds. The van der Waals surface area contributed by atoms with E-state index in [1.165, 1.54) is 7.11 Å². The second-order valence-electron chi connectivity index (χ2n) is 5.43. The van der Waals surface area contributed by atoms with Crippen LogP contribution in [0.15, 0.2) is 59.6 Å². The van der Waals surface area contributed by atoms with E-state index in [-0.39, 0.29) is 11.5 Å². The van der Waals surface area contributed by atoms with Crippen molar-refractivity contribution < 1.29 is 19.4 Å². The number of ketones is 1. The summed E-state index contributed by atoms with van der Waals surface area (Å²) in [4.78, 5) is 12.0. The lowest BCUT2D eigenvalue weighted by Crippen LogP contribution is -2.31. The van der Waals surface area contributed by atoms with E-state index in [2.05, 4.69) is 12.1 Å². The van der Waals surface area contributed by atoms with E-state index in [4.69, 9.17) is 9.47 Å². The van der Waals surface area contributed by atoms with Crippen LogP contribution in [0, 0.1) is 0 Å². The summed E-state index contributed by atoms with van der Waals surface area (Å²) < 4.78 is 10.9. The first-order chi connectivity index (χ1) is 10.7. The number of ether oxygens (including phenoxy) is 2. The molecule has 1 aliphatic heterocycles. The van der Waals surface area contributed by atoms with Crippen LogP contribution in [0.1, 0.15) is 5.56 Å². The highest BCUT2D eigenvalue weighted by Crippen LogP contribution is 2.40. The molecule has 0 bridgehead atoms. The molecule has 4 heteroatoms. The Morgan fingerprint density at radius 1 is 1.23 bits per heavy atom. The first-order valence-corrected chi connectivity index (χ1v) is 7.09. The fourth-order valence-corrected chi connectivity index (χ4v) is 3.06. The maximum atomic E-state index is 12.0. The zero-order chi connectivity index (χ0) is 15.3. The predicted octanol–water partition coefficient (Wildman–Crippen LogP) is 3.07. The third-order valence-electron chi connectivity index (χ3n) is 4.18. The molecular weight excluding hydrogens is 280 g/mol. The zero-order valence-electron chi connectivity index (χ0n) is 12.0. The van der Waals surface area contributed by atoms with Crippen LogP contribution in [0.2, 0.25) is 0 Å². The number of aliphatic hydroxyl groups excluding tert-OH is 1. The van der Waals surface area contributed by atoms with Gasteiger partial charge < -0.3 is 14.6 Å². The van der Waals surface area contributed by atoms with Crippen LogP contribution in [-0.2, 0) is 16.0 Å². The summed E-state index contributed by atoms with van der Waals surface area (Å²) in [6.45, 7) is 0. The quantitative estimate of drug-likeness (QED) is 0.878. The summed E-state index contributed by atoms with van der Waals surface area (Å²) >= 11 is 0. The minimum absolute atomic E-state index is 0.251. The molecule has 0 saturated carbocycles. The zero-order valence-corrected chi connectivity index (χ0v) is 12.0. The Bertz CT molecular complexity index is 861. The number of methoxy groups -OCH3 is 1. The molecule has 1 atom stereocenters. The van der Waals surface area contributed by atoms with E-state index in [1.807, 2.05) is 24.3 Å². The van der Waals surface area contributed by atoms with Crippen LogP contribution in [-0.4, -0.2) is 24.1 Å². The minimum Gasteiger partial charge on any atom is -0.502 e. The number of fused-ring (bicyclic) bond motifs is 4. The second kappa shape index (κ2) is 4.71. The van der Waals surface area contributed by atoms with Gasteiger partial charge in [0.1, 0.15) is 11.9 Å². The Morgan fingerprint density at radius 3 is 2.86 bits per heavy atom. The number of rotatable bonds is 1. The van der Waals surface area contributed by atoms with Gasteiger partial charge in [0.2, 0.25) is 11.5 Å². The van der Waals surface area contributed by atoms with E-state index in [0.29, 0.717) is 12.2 Å². The average molecular weight is 294 g/mol. The smallest absolute Gasteiger partial charge is 0.233 e. The molecule has 1 aliphatic carbocycles. The monoisotopic (exact) mass is 294 g/mol. The Labute approximate surface area is 127 Å². The molecule has 0 radical (unpaired) electrons. The molecule has 2 aromatic rings. The SMILES string of the molecule is COC1C=C2Cc3c(ccc4ccccc34)OC2=C(O)C1=O. The molecule has 0 saturated heterocycles. The van der Waals surface area contributed by atoms with E-state index < -0.39 is 11.9 Å². The Hall–Kier alpha value is -2.59. The normalized spacial score (nSPS) is 20.3.